The molecule has 0 aromatic rings. The van der Waals surface area contributed by atoms with Crippen LogP contribution in [0.3, 0.4) is 0 Å². The summed E-state index contributed by atoms with van der Waals surface area (Å²) in [5.41, 5.74) is 0. The van der Waals surface area contributed by atoms with Gasteiger partial charge in [-0.3, -0.25) is 4.79 Å². The van der Waals surface area contributed by atoms with E-state index in [1.807, 2.05) is 0 Å². The lowest BCUT2D eigenvalue weighted by atomic mass is 10.2. The maximum absolute atomic E-state index is 9.87. The molecular weight excluding hydrogens is 296 g/mol. The van der Waals surface area contributed by atoms with Crippen molar-refractivity contribution in [2.75, 3.05) is 0 Å². The lowest BCUT2D eigenvalue weighted by Gasteiger charge is -1.89. The van der Waals surface area contributed by atoms with E-state index in [4.69, 9.17) is 5.11 Å². The van der Waals surface area contributed by atoms with Gasteiger partial charge < -0.3 is 16.1 Å². The van der Waals surface area contributed by atoms with Crippen molar-refractivity contribution < 1.29 is 20.9 Å². The molecule has 0 spiro atoms. The summed E-state index contributed by atoms with van der Waals surface area (Å²) in [6.07, 6.45) is 3.28. The van der Waals surface area contributed by atoms with Gasteiger partial charge in [-0.25, -0.2) is 0 Å². The molecule has 0 aromatic heterocycles. The van der Waals surface area contributed by atoms with Gasteiger partial charge in [-0.15, -0.1) is 34.0 Å². The van der Waals surface area contributed by atoms with E-state index < -0.39 is 5.97 Å². The van der Waals surface area contributed by atoms with Gasteiger partial charge in [0, 0.05) is 6.42 Å². The molecule has 0 heterocycles. The highest BCUT2D eigenvalue weighted by molar-refractivity contribution is 8.93. The topological polar surface area (TPSA) is 100 Å². The number of aliphatic carboxylic acids is 1. The van der Waals surface area contributed by atoms with Crippen LogP contribution in [-0.2, 0) is 4.79 Å². The first-order valence-corrected chi connectivity index (χ1v) is 2.99. The second kappa shape index (κ2) is 22.5. The molecule has 0 aliphatic rings. The van der Waals surface area contributed by atoms with Gasteiger partial charge in [-0.05, 0) is 6.42 Å². The zero-order chi connectivity index (χ0) is 6.41. The summed E-state index contributed by atoms with van der Waals surface area (Å²) in [4.78, 5) is 9.87. The fraction of sp³-hybridized carbons (Fsp3) is 0.833. The van der Waals surface area contributed by atoms with Crippen molar-refractivity contribution in [2.24, 2.45) is 0 Å². The van der Waals surface area contributed by atoms with Crippen LogP contribution in [0, 0.1) is 0 Å². The molecule has 0 aromatic carbocycles. The lowest BCUT2D eigenvalue weighted by molar-refractivity contribution is -0.137. The number of carboxylic acid groups (broad SMARTS) is 1. The van der Waals surface area contributed by atoms with Gasteiger partial charge in [0.15, 0.2) is 0 Å². The molecule has 0 aliphatic carbocycles. The monoisotopic (exact) mass is 312 g/mol. The van der Waals surface area contributed by atoms with Crippen molar-refractivity contribution in [2.45, 2.75) is 32.6 Å². The van der Waals surface area contributed by atoms with Crippen molar-refractivity contribution >= 4 is 39.9 Å². The van der Waals surface area contributed by atoms with Gasteiger partial charge in [0.1, 0.15) is 0 Å². The molecule has 0 radical (unpaired) electrons. The van der Waals surface area contributed by atoms with E-state index in [1.54, 1.807) is 0 Å². The Balaban J connectivity index is -0.0000000408. The van der Waals surface area contributed by atoms with Gasteiger partial charge >= 0.3 is 5.97 Å². The summed E-state index contributed by atoms with van der Waals surface area (Å²) in [5.74, 6) is -0.682. The second-order valence-electron chi connectivity index (χ2n) is 1.85. The Hall–Kier alpha value is 0.350. The highest BCUT2D eigenvalue weighted by Crippen LogP contribution is 1.97. The third-order valence-corrected chi connectivity index (χ3v) is 0.994. The van der Waals surface area contributed by atoms with Gasteiger partial charge in [0.25, 0.3) is 0 Å². The molecule has 6 heteroatoms. The summed E-state index contributed by atoms with van der Waals surface area (Å²) in [5, 5.41) is 8.14. The molecule has 5 N–H and O–H groups in total. The number of carbonyl (C=O) groups is 1. The minimum atomic E-state index is -0.682. The Kier molecular flexibility index (Phi) is 55.2. The molecule has 4 nitrogen and oxygen atoms in total. The molecule has 0 amide bonds. The fourth-order valence-electron chi connectivity index (χ4n) is 0.526. The Morgan fingerprint density at radius 2 is 1.58 bits per heavy atom. The third-order valence-electron chi connectivity index (χ3n) is 0.994. The van der Waals surface area contributed by atoms with Crippen LogP contribution in [0.25, 0.3) is 0 Å². The molecule has 0 aliphatic heterocycles. The second-order valence-corrected chi connectivity index (χ2v) is 1.85. The van der Waals surface area contributed by atoms with Crippen LogP contribution in [0.15, 0.2) is 0 Å². The van der Waals surface area contributed by atoms with Crippen LogP contribution < -0.4 is 0 Å². The first-order chi connectivity index (χ1) is 3.77. The summed E-state index contributed by atoms with van der Waals surface area (Å²) in [6.45, 7) is 2.06. The minimum absolute atomic E-state index is 0. The summed E-state index contributed by atoms with van der Waals surface area (Å²) >= 11 is 0. The highest BCUT2D eigenvalue weighted by atomic mass is 79.9. The molecule has 0 unspecified atom stereocenters. The first kappa shape index (κ1) is 29.4. The lowest BCUT2D eigenvalue weighted by Crippen LogP contribution is -1.92. The summed E-state index contributed by atoms with van der Waals surface area (Å²) in [6, 6.07) is 0. The van der Waals surface area contributed by atoms with Crippen LogP contribution in [0.4, 0.5) is 0 Å². The quantitative estimate of drug-likeness (QED) is 0.787. The molecule has 0 bridgehead atoms. The number of carboxylic acids is 1. The normalized spacial score (nSPS) is 6.08. The maximum atomic E-state index is 9.87. The molecule has 12 heavy (non-hydrogen) atoms. The molecule has 0 atom stereocenters. The average molecular weight is 314 g/mol. The fourth-order valence-corrected chi connectivity index (χ4v) is 0.526. The predicted octanol–water partition coefficient (Wildman–Crippen LogP) is 1.16. The van der Waals surface area contributed by atoms with Gasteiger partial charge in [0.2, 0.25) is 0 Å². The minimum Gasteiger partial charge on any atom is -0.481 e. The Bertz CT molecular complexity index is 79.9. The largest absolute Gasteiger partial charge is 0.481 e. The van der Waals surface area contributed by atoms with Crippen molar-refractivity contribution in [3.8, 4) is 0 Å². The molecule has 0 rings (SSSR count). The van der Waals surface area contributed by atoms with Crippen LogP contribution in [0.2, 0.25) is 0 Å². The predicted molar refractivity (Wildman–Crippen MR) is 59.6 cm³/mol. The van der Waals surface area contributed by atoms with Crippen LogP contribution in [-0.4, -0.2) is 22.0 Å². The number of rotatable bonds is 4. The van der Waals surface area contributed by atoms with Crippen LogP contribution >= 0.6 is 34.0 Å². The molecular formula is C6H18Br2O4. The standard InChI is InChI=1S/C6H12O2.2BrH.2H2O/c1-2-3-4-5-6(7)8;;;;/h2-5H2,1H3,(H,7,8);2*1H;2*1H2. The Morgan fingerprint density at radius 1 is 1.17 bits per heavy atom. The molecule has 0 fully saturated rings. The van der Waals surface area contributed by atoms with Gasteiger partial charge in [-0.2, -0.15) is 0 Å². The van der Waals surface area contributed by atoms with E-state index in [9.17, 15) is 4.79 Å². The van der Waals surface area contributed by atoms with E-state index >= 15 is 0 Å². The zero-order valence-electron chi connectivity index (χ0n) is 7.00. The number of hydrogen-bond donors (Lipinski definition) is 1. The SMILES string of the molecule is Br.Br.CCCCCC(=O)O.O.O. The maximum Gasteiger partial charge on any atom is 0.303 e. The number of hydrogen-bond acceptors (Lipinski definition) is 1. The molecule has 80 valence electrons. The summed E-state index contributed by atoms with van der Waals surface area (Å²) in [7, 11) is 0. The van der Waals surface area contributed by atoms with Gasteiger partial charge in [0.05, 0.1) is 0 Å². The smallest absolute Gasteiger partial charge is 0.303 e. The van der Waals surface area contributed by atoms with Crippen molar-refractivity contribution in [1.82, 2.24) is 0 Å². The Labute approximate surface area is 93.5 Å². The van der Waals surface area contributed by atoms with E-state index in [-0.39, 0.29) is 44.9 Å². The van der Waals surface area contributed by atoms with E-state index in [0.29, 0.717) is 6.42 Å². The van der Waals surface area contributed by atoms with E-state index in [1.165, 1.54) is 0 Å². The summed E-state index contributed by atoms with van der Waals surface area (Å²) < 4.78 is 0. The van der Waals surface area contributed by atoms with E-state index in [2.05, 4.69) is 6.92 Å². The van der Waals surface area contributed by atoms with Crippen LogP contribution in [0.1, 0.15) is 32.6 Å². The number of unbranched alkanes of at least 4 members (excludes halogenated alkanes) is 2. The highest BCUT2D eigenvalue weighted by Gasteiger charge is 1.92. The van der Waals surface area contributed by atoms with E-state index in [0.717, 1.165) is 19.3 Å². The molecule has 0 saturated heterocycles. The van der Waals surface area contributed by atoms with Gasteiger partial charge in [-0.1, -0.05) is 19.8 Å². The molecule has 0 saturated carbocycles. The number of halogens is 2. The zero-order valence-corrected chi connectivity index (χ0v) is 10.4. The third kappa shape index (κ3) is 31.6. The van der Waals surface area contributed by atoms with Crippen LogP contribution in [0.5, 0.6) is 0 Å². The Morgan fingerprint density at radius 3 is 1.83 bits per heavy atom. The van der Waals surface area contributed by atoms with Crippen molar-refractivity contribution in [3.05, 3.63) is 0 Å². The average Bonchev–Trinajstić information content (AvgIpc) is 1.66. The van der Waals surface area contributed by atoms with Crippen molar-refractivity contribution in [1.29, 1.82) is 0 Å². The first-order valence-electron chi connectivity index (χ1n) is 2.99. The van der Waals surface area contributed by atoms with Crippen molar-refractivity contribution in [3.63, 3.8) is 0 Å².